The smallest absolute Gasteiger partial charge is 0.342 e. The van der Waals surface area contributed by atoms with Crippen LogP contribution < -0.4 is 9.47 Å². The second kappa shape index (κ2) is 4.04. The van der Waals surface area contributed by atoms with Crippen LogP contribution in [0.2, 0.25) is 0 Å². The van der Waals surface area contributed by atoms with Crippen molar-refractivity contribution >= 4 is 5.97 Å². The van der Waals surface area contributed by atoms with Gasteiger partial charge in [0.15, 0.2) is 11.5 Å². The third kappa shape index (κ3) is 1.50. The second-order valence-electron chi connectivity index (χ2n) is 3.59. The molecule has 0 saturated heterocycles. The summed E-state index contributed by atoms with van der Waals surface area (Å²) in [5.74, 6) is 0.738. The number of methoxy groups -OCH3 is 1. The van der Waals surface area contributed by atoms with E-state index in [2.05, 4.69) is 0 Å². The molecule has 0 unspecified atom stereocenters. The van der Waals surface area contributed by atoms with Gasteiger partial charge in [0.2, 0.25) is 0 Å². The Morgan fingerprint density at radius 2 is 2.25 bits per heavy atom. The second-order valence-corrected chi connectivity index (χ2v) is 3.59. The van der Waals surface area contributed by atoms with Gasteiger partial charge in [-0.05, 0) is 25.5 Å². The molecule has 1 aliphatic heterocycles. The summed E-state index contributed by atoms with van der Waals surface area (Å²) in [5.41, 5.74) is 2.39. The Morgan fingerprint density at radius 3 is 2.88 bits per heavy atom. The van der Waals surface area contributed by atoms with E-state index in [0.29, 0.717) is 30.3 Å². The molecular weight excluding hydrogens is 208 g/mol. The van der Waals surface area contributed by atoms with Gasteiger partial charge in [0.1, 0.15) is 12.2 Å². The van der Waals surface area contributed by atoms with Crippen molar-refractivity contribution in [3.05, 3.63) is 22.8 Å². The highest BCUT2D eigenvalue weighted by atomic mass is 16.5. The first-order chi connectivity index (χ1) is 7.69. The summed E-state index contributed by atoms with van der Waals surface area (Å²) < 4.78 is 15.7. The Kier molecular flexibility index (Phi) is 2.73. The van der Waals surface area contributed by atoms with E-state index >= 15 is 0 Å². The molecule has 0 atom stereocenters. The van der Waals surface area contributed by atoms with Gasteiger partial charge in [0, 0.05) is 5.56 Å². The normalized spacial score (nSPS) is 13.3. The Hall–Kier alpha value is -1.71. The summed E-state index contributed by atoms with van der Waals surface area (Å²) >= 11 is 0. The fourth-order valence-corrected chi connectivity index (χ4v) is 1.88. The summed E-state index contributed by atoms with van der Waals surface area (Å²) in [6.07, 6.45) is 0. The topological polar surface area (TPSA) is 44.8 Å². The van der Waals surface area contributed by atoms with Gasteiger partial charge in [-0.1, -0.05) is 0 Å². The minimum absolute atomic E-state index is 0.322. The number of carbonyl (C=O) groups is 1. The third-order valence-electron chi connectivity index (χ3n) is 2.63. The first-order valence-electron chi connectivity index (χ1n) is 5.19. The number of benzene rings is 1. The number of ether oxygens (including phenoxy) is 3. The van der Waals surface area contributed by atoms with Gasteiger partial charge in [0.25, 0.3) is 0 Å². The molecule has 0 amide bonds. The maximum atomic E-state index is 11.6. The zero-order valence-corrected chi connectivity index (χ0v) is 9.62. The molecule has 0 N–H and O–H groups in total. The fourth-order valence-electron chi connectivity index (χ4n) is 1.88. The molecular formula is C12H14O4. The number of esters is 1. The van der Waals surface area contributed by atoms with Crippen LogP contribution in [0, 0.1) is 6.92 Å². The quantitative estimate of drug-likeness (QED) is 0.734. The van der Waals surface area contributed by atoms with Crippen LogP contribution in [0.25, 0.3) is 0 Å². The van der Waals surface area contributed by atoms with Gasteiger partial charge in [-0.3, -0.25) is 0 Å². The maximum Gasteiger partial charge on any atom is 0.342 e. The van der Waals surface area contributed by atoms with Crippen LogP contribution in [0.15, 0.2) is 6.07 Å². The van der Waals surface area contributed by atoms with E-state index < -0.39 is 0 Å². The Labute approximate surface area is 94.1 Å². The Bertz CT molecular complexity index is 437. The highest BCUT2D eigenvalue weighted by Gasteiger charge is 2.30. The van der Waals surface area contributed by atoms with Gasteiger partial charge < -0.3 is 14.2 Å². The van der Waals surface area contributed by atoms with Crippen molar-refractivity contribution in [3.8, 4) is 11.5 Å². The number of cyclic esters (lactones) is 1. The van der Waals surface area contributed by atoms with Crippen molar-refractivity contribution in [2.45, 2.75) is 20.5 Å². The number of aryl methyl sites for hydroxylation is 1. The number of hydrogen-bond acceptors (Lipinski definition) is 4. The first-order valence-corrected chi connectivity index (χ1v) is 5.19. The molecule has 4 heteroatoms. The summed E-state index contributed by atoms with van der Waals surface area (Å²) in [6, 6.07) is 1.88. The molecule has 86 valence electrons. The summed E-state index contributed by atoms with van der Waals surface area (Å²) in [7, 11) is 1.53. The largest absolute Gasteiger partial charge is 0.492 e. The lowest BCUT2D eigenvalue weighted by Gasteiger charge is -2.13. The molecule has 0 aromatic heterocycles. The van der Waals surface area contributed by atoms with Crippen LogP contribution in [-0.2, 0) is 11.3 Å². The molecule has 1 heterocycles. The summed E-state index contributed by atoms with van der Waals surface area (Å²) in [6.45, 7) is 4.68. The first kappa shape index (κ1) is 10.8. The molecule has 2 rings (SSSR count). The van der Waals surface area contributed by atoms with E-state index in [1.54, 1.807) is 0 Å². The monoisotopic (exact) mass is 222 g/mol. The average Bonchev–Trinajstić information content (AvgIpc) is 2.63. The van der Waals surface area contributed by atoms with Crippen molar-refractivity contribution in [1.82, 2.24) is 0 Å². The van der Waals surface area contributed by atoms with E-state index in [0.717, 1.165) is 11.1 Å². The van der Waals surface area contributed by atoms with E-state index in [4.69, 9.17) is 14.2 Å². The zero-order valence-electron chi connectivity index (χ0n) is 9.62. The molecule has 1 aromatic carbocycles. The van der Waals surface area contributed by atoms with Crippen molar-refractivity contribution in [3.63, 3.8) is 0 Å². The third-order valence-corrected chi connectivity index (χ3v) is 2.63. The lowest BCUT2D eigenvalue weighted by Crippen LogP contribution is -2.03. The van der Waals surface area contributed by atoms with E-state index in [1.807, 2.05) is 19.9 Å². The van der Waals surface area contributed by atoms with Crippen LogP contribution in [-0.4, -0.2) is 19.7 Å². The van der Waals surface area contributed by atoms with Crippen molar-refractivity contribution in [1.29, 1.82) is 0 Å². The average molecular weight is 222 g/mol. The van der Waals surface area contributed by atoms with Crippen LogP contribution in [0.3, 0.4) is 0 Å². The minimum Gasteiger partial charge on any atom is -0.492 e. The molecule has 1 aliphatic rings. The molecule has 0 saturated carbocycles. The number of rotatable bonds is 3. The molecule has 0 radical (unpaired) electrons. The lowest BCUT2D eigenvalue weighted by molar-refractivity contribution is 0.0532. The molecule has 0 aliphatic carbocycles. The van der Waals surface area contributed by atoms with Gasteiger partial charge in [-0.25, -0.2) is 4.79 Å². The molecule has 16 heavy (non-hydrogen) atoms. The van der Waals surface area contributed by atoms with Gasteiger partial charge in [-0.2, -0.15) is 0 Å². The number of carbonyl (C=O) groups excluding carboxylic acids is 1. The van der Waals surface area contributed by atoms with Crippen molar-refractivity contribution in [2.24, 2.45) is 0 Å². The van der Waals surface area contributed by atoms with Crippen LogP contribution in [0.1, 0.15) is 28.4 Å². The van der Waals surface area contributed by atoms with Gasteiger partial charge >= 0.3 is 5.97 Å². The zero-order chi connectivity index (χ0) is 11.7. The highest BCUT2D eigenvalue weighted by molar-refractivity contribution is 5.97. The molecule has 1 aromatic rings. The van der Waals surface area contributed by atoms with Crippen LogP contribution in [0.4, 0.5) is 0 Å². The van der Waals surface area contributed by atoms with Gasteiger partial charge in [0.05, 0.1) is 13.7 Å². The van der Waals surface area contributed by atoms with E-state index in [-0.39, 0.29) is 5.97 Å². The van der Waals surface area contributed by atoms with Gasteiger partial charge in [-0.15, -0.1) is 0 Å². The Morgan fingerprint density at radius 1 is 1.50 bits per heavy atom. The number of hydrogen-bond donors (Lipinski definition) is 0. The van der Waals surface area contributed by atoms with E-state index in [1.165, 1.54) is 7.11 Å². The van der Waals surface area contributed by atoms with Crippen LogP contribution in [0.5, 0.6) is 11.5 Å². The van der Waals surface area contributed by atoms with Crippen LogP contribution >= 0.6 is 0 Å². The lowest BCUT2D eigenvalue weighted by atomic mass is 10.0. The van der Waals surface area contributed by atoms with Crippen molar-refractivity contribution in [2.75, 3.05) is 13.7 Å². The Balaban J connectivity index is 2.62. The molecule has 0 spiro atoms. The maximum absolute atomic E-state index is 11.6. The predicted octanol–water partition coefficient (Wildman–Crippen LogP) is 2.07. The number of fused-ring (bicyclic) bond motifs is 1. The fraction of sp³-hybridized carbons (Fsp3) is 0.417. The predicted molar refractivity (Wildman–Crippen MR) is 58.0 cm³/mol. The SMILES string of the molecule is CCOc1cc(C)c2c(c1OC)C(=O)OC2. The summed E-state index contributed by atoms with van der Waals surface area (Å²) in [5, 5.41) is 0. The summed E-state index contributed by atoms with van der Waals surface area (Å²) in [4.78, 5) is 11.6. The molecule has 0 fully saturated rings. The standard InChI is InChI=1S/C12H14O4/c1-4-15-9-5-7(2)8-6-16-12(13)10(8)11(9)14-3/h5H,4,6H2,1-3H3. The minimum atomic E-state index is -0.337. The molecule has 0 bridgehead atoms. The highest BCUT2D eigenvalue weighted by Crippen LogP contribution is 2.39. The molecule has 4 nitrogen and oxygen atoms in total. The van der Waals surface area contributed by atoms with Crippen molar-refractivity contribution < 1.29 is 19.0 Å². The van der Waals surface area contributed by atoms with E-state index in [9.17, 15) is 4.79 Å².